The smallest absolute Gasteiger partial charge is 0.340 e. The molecule has 2 aromatic carbocycles. The van der Waals surface area contributed by atoms with Crippen LogP contribution in [0, 0.1) is 17.0 Å². The van der Waals surface area contributed by atoms with Gasteiger partial charge in [0.15, 0.2) is 6.61 Å². The predicted octanol–water partition coefficient (Wildman–Crippen LogP) is 4.07. The largest absolute Gasteiger partial charge is 0.452 e. The van der Waals surface area contributed by atoms with Gasteiger partial charge in [0.2, 0.25) is 0 Å². The molecule has 0 saturated carbocycles. The zero-order chi connectivity index (χ0) is 19.3. The van der Waals surface area contributed by atoms with Gasteiger partial charge in [-0.3, -0.25) is 14.9 Å². The van der Waals surface area contributed by atoms with E-state index in [1.807, 2.05) is 6.26 Å². The highest BCUT2D eigenvalue weighted by molar-refractivity contribution is 7.98. The fraction of sp³-hybridized carbons (Fsp3) is 0.176. The number of thioether (sulfide) groups is 1. The first-order valence-corrected chi connectivity index (χ1v) is 8.97. The summed E-state index contributed by atoms with van der Waals surface area (Å²) in [6, 6.07) is 9.00. The third-order valence-corrected chi connectivity index (χ3v) is 4.48. The number of rotatable bonds is 6. The Morgan fingerprint density at radius 3 is 2.62 bits per heavy atom. The number of amides is 1. The minimum atomic E-state index is -0.707. The van der Waals surface area contributed by atoms with Crippen LogP contribution in [0.1, 0.15) is 15.9 Å². The molecule has 2 rings (SSSR count). The molecule has 7 nitrogen and oxygen atoms in total. The standard InChI is InChI=1S/C17H15ClN2O5S/c1-10-7-11(20(23)24)3-6-15(10)19-16(21)9-25-17(22)13-8-12(26-2)4-5-14(13)18/h3-8H,9H2,1-2H3,(H,19,21). The van der Waals surface area contributed by atoms with Crippen molar-refractivity contribution in [3.05, 3.63) is 62.7 Å². The quantitative estimate of drug-likeness (QED) is 0.343. The lowest BCUT2D eigenvalue weighted by Crippen LogP contribution is -2.21. The maximum atomic E-state index is 12.1. The lowest BCUT2D eigenvalue weighted by atomic mass is 10.2. The Morgan fingerprint density at radius 1 is 1.27 bits per heavy atom. The van der Waals surface area contributed by atoms with Gasteiger partial charge in [-0.05, 0) is 43.0 Å². The Labute approximate surface area is 158 Å². The number of nitro groups is 1. The summed E-state index contributed by atoms with van der Waals surface area (Å²) in [7, 11) is 0. The van der Waals surface area contributed by atoms with Gasteiger partial charge in [-0.15, -0.1) is 11.8 Å². The molecule has 26 heavy (non-hydrogen) atoms. The van der Waals surface area contributed by atoms with Gasteiger partial charge in [0.25, 0.3) is 11.6 Å². The maximum Gasteiger partial charge on any atom is 0.340 e. The zero-order valence-corrected chi connectivity index (χ0v) is 15.5. The highest BCUT2D eigenvalue weighted by atomic mass is 35.5. The number of carbonyl (C=O) groups is 2. The normalized spacial score (nSPS) is 10.3. The summed E-state index contributed by atoms with van der Waals surface area (Å²) in [4.78, 5) is 35.1. The second-order valence-corrected chi connectivity index (χ2v) is 6.51. The van der Waals surface area contributed by atoms with Crippen molar-refractivity contribution >= 4 is 46.6 Å². The van der Waals surface area contributed by atoms with Crippen molar-refractivity contribution in [1.29, 1.82) is 0 Å². The highest BCUT2D eigenvalue weighted by Gasteiger charge is 2.16. The van der Waals surface area contributed by atoms with Crippen LogP contribution >= 0.6 is 23.4 Å². The van der Waals surface area contributed by atoms with E-state index in [1.165, 1.54) is 30.0 Å². The topological polar surface area (TPSA) is 98.5 Å². The number of hydrogen-bond donors (Lipinski definition) is 1. The van der Waals surface area contributed by atoms with Gasteiger partial charge in [-0.25, -0.2) is 4.79 Å². The molecule has 0 radical (unpaired) electrons. The number of anilines is 1. The van der Waals surface area contributed by atoms with Crippen LogP contribution in [0.2, 0.25) is 5.02 Å². The van der Waals surface area contributed by atoms with Crippen molar-refractivity contribution in [2.75, 3.05) is 18.2 Å². The van der Waals surface area contributed by atoms with Crippen LogP contribution in [0.3, 0.4) is 0 Å². The second kappa shape index (κ2) is 8.68. The number of benzene rings is 2. The first-order valence-electron chi connectivity index (χ1n) is 7.37. The van der Waals surface area contributed by atoms with Gasteiger partial charge in [0.1, 0.15) is 0 Å². The van der Waals surface area contributed by atoms with Crippen LogP contribution in [0.15, 0.2) is 41.3 Å². The molecule has 1 N–H and O–H groups in total. The first-order chi connectivity index (χ1) is 12.3. The molecule has 1 amide bonds. The van der Waals surface area contributed by atoms with Crippen molar-refractivity contribution in [2.45, 2.75) is 11.8 Å². The predicted molar refractivity (Wildman–Crippen MR) is 100.0 cm³/mol. The average Bonchev–Trinajstić information content (AvgIpc) is 2.61. The van der Waals surface area contributed by atoms with Crippen LogP contribution in [0.5, 0.6) is 0 Å². The van der Waals surface area contributed by atoms with E-state index in [2.05, 4.69) is 5.32 Å². The Hall–Kier alpha value is -2.58. The third kappa shape index (κ3) is 4.96. The molecule has 0 atom stereocenters. The first kappa shape index (κ1) is 19.7. The fourth-order valence-electron chi connectivity index (χ4n) is 2.08. The van der Waals surface area contributed by atoms with E-state index in [-0.39, 0.29) is 16.3 Å². The number of carbonyl (C=O) groups excluding carboxylic acids is 2. The molecule has 0 spiro atoms. The number of nitro benzene ring substituents is 1. The second-order valence-electron chi connectivity index (χ2n) is 5.23. The van der Waals surface area contributed by atoms with Gasteiger partial charge in [0.05, 0.1) is 15.5 Å². The van der Waals surface area contributed by atoms with Crippen molar-refractivity contribution in [3.63, 3.8) is 0 Å². The fourth-order valence-corrected chi connectivity index (χ4v) is 2.72. The summed E-state index contributed by atoms with van der Waals surface area (Å²) in [6.07, 6.45) is 1.86. The van der Waals surface area contributed by atoms with Gasteiger partial charge < -0.3 is 10.1 Å². The van der Waals surface area contributed by atoms with Crippen molar-refractivity contribution in [2.24, 2.45) is 0 Å². The van der Waals surface area contributed by atoms with E-state index in [9.17, 15) is 19.7 Å². The molecule has 0 aliphatic heterocycles. The Balaban J connectivity index is 1.99. The molecule has 136 valence electrons. The summed E-state index contributed by atoms with van der Waals surface area (Å²) in [5.74, 6) is -1.27. The van der Waals surface area contributed by atoms with Gasteiger partial charge in [-0.2, -0.15) is 0 Å². The average molecular weight is 395 g/mol. The molecular weight excluding hydrogens is 380 g/mol. The molecule has 0 heterocycles. The number of nitrogens with zero attached hydrogens (tertiary/aromatic N) is 1. The minimum Gasteiger partial charge on any atom is -0.452 e. The molecular formula is C17H15ClN2O5S. The van der Waals surface area contributed by atoms with E-state index in [1.54, 1.807) is 25.1 Å². The minimum absolute atomic E-state index is 0.0738. The van der Waals surface area contributed by atoms with E-state index < -0.39 is 23.4 Å². The molecule has 0 fully saturated rings. The molecule has 0 unspecified atom stereocenters. The maximum absolute atomic E-state index is 12.1. The lowest BCUT2D eigenvalue weighted by Gasteiger charge is -2.10. The van der Waals surface area contributed by atoms with Crippen LogP contribution in [-0.4, -0.2) is 29.7 Å². The van der Waals surface area contributed by atoms with Crippen LogP contribution in [0.25, 0.3) is 0 Å². The van der Waals surface area contributed by atoms with Gasteiger partial charge in [-0.1, -0.05) is 11.6 Å². The molecule has 0 aliphatic carbocycles. The Kier molecular flexibility index (Phi) is 6.59. The van der Waals surface area contributed by atoms with Crippen LogP contribution < -0.4 is 5.32 Å². The number of halogens is 1. The summed E-state index contributed by atoms with van der Waals surface area (Å²) in [5.41, 5.74) is 1.03. The van der Waals surface area contributed by atoms with Crippen LogP contribution in [-0.2, 0) is 9.53 Å². The number of aryl methyl sites for hydroxylation is 1. The van der Waals surface area contributed by atoms with E-state index >= 15 is 0 Å². The third-order valence-electron chi connectivity index (χ3n) is 3.42. The Bertz CT molecular complexity index is 872. The molecule has 0 saturated heterocycles. The van der Waals surface area contributed by atoms with E-state index in [0.29, 0.717) is 11.3 Å². The van der Waals surface area contributed by atoms with Crippen LogP contribution in [0.4, 0.5) is 11.4 Å². The summed E-state index contributed by atoms with van der Waals surface area (Å²) in [5, 5.41) is 13.5. The molecule has 0 aliphatic rings. The van der Waals surface area contributed by atoms with E-state index in [4.69, 9.17) is 16.3 Å². The molecule has 0 aromatic heterocycles. The number of nitrogens with one attached hydrogen (secondary N) is 1. The summed E-state index contributed by atoms with van der Waals surface area (Å²) in [6.45, 7) is 1.12. The number of non-ortho nitro benzene ring substituents is 1. The molecule has 0 bridgehead atoms. The van der Waals surface area contributed by atoms with Gasteiger partial charge >= 0.3 is 5.97 Å². The zero-order valence-electron chi connectivity index (χ0n) is 13.9. The van der Waals surface area contributed by atoms with E-state index in [0.717, 1.165) is 4.90 Å². The highest BCUT2D eigenvalue weighted by Crippen LogP contribution is 2.24. The molecule has 9 heteroatoms. The van der Waals surface area contributed by atoms with Crippen molar-refractivity contribution in [1.82, 2.24) is 0 Å². The number of esters is 1. The monoisotopic (exact) mass is 394 g/mol. The SMILES string of the molecule is CSc1ccc(Cl)c(C(=O)OCC(=O)Nc2ccc([N+](=O)[O-])cc2C)c1. The Morgan fingerprint density at radius 2 is 2.00 bits per heavy atom. The summed E-state index contributed by atoms with van der Waals surface area (Å²) >= 11 is 7.43. The number of ether oxygens (including phenoxy) is 1. The van der Waals surface area contributed by atoms with Gasteiger partial charge in [0, 0.05) is 22.7 Å². The van der Waals surface area contributed by atoms with Crippen molar-refractivity contribution < 1.29 is 19.2 Å². The summed E-state index contributed by atoms with van der Waals surface area (Å²) < 4.78 is 4.99. The lowest BCUT2D eigenvalue weighted by molar-refractivity contribution is -0.384. The number of hydrogen-bond acceptors (Lipinski definition) is 6. The van der Waals surface area contributed by atoms with Crippen molar-refractivity contribution in [3.8, 4) is 0 Å². The molecule has 2 aromatic rings.